The number of benzene rings is 1. The van der Waals surface area contributed by atoms with Gasteiger partial charge in [0.25, 0.3) is 0 Å². The summed E-state index contributed by atoms with van der Waals surface area (Å²) >= 11 is 0. The van der Waals surface area contributed by atoms with Crippen LogP contribution in [0, 0.1) is 5.82 Å². The van der Waals surface area contributed by atoms with Gasteiger partial charge in [0.15, 0.2) is 0 Å². The number of rotatable bonds is 2. The number of hydrogen-bond donors (Lipinski definition) is 2. The van der Waals surface area contributed by atoms with Gasteiger partial charge in [0, 0.05) is 12.1 Å². The van der Waals surface area contributed by atoms with Gasteiger partial charge in [0.1, 0.15) is 11.9 Å². The van der Waals surface area contributed by atoms with E-state index in [9.17, 15) is 14.0 Å². The van der Waals surface area contributed by atoms with E-state index in [0.29, 0.717) is 24.1 Å². The van der Waals surface area contributed by atoms with Crippen molar-refractivity contribution in [1.29, 1.82) is 0 Å². The van der Waals surface area contributed by atoms with Gasteiger partial charge in [0.2, 0.25) is 11.8 Å². The molecule has 4 nitrogen and oxygen atoms in total. The Morgan fingerprint density at radius 1 is 1.30 bits per heavy atom. The molecule has 20 heavy (non-hydrogen) atoms. The largest absolute Gasteiger partial charge is 0.374 e. The average molecular weight is 278 g/mol. The standard InChI is InChI=1S/C15H19FN2O2/c1-15(2,3)10-5-4-9(8-11(10)16)17-12-6-7-13(19)18-14(12)20/h4-5,8,12,17H,6-7H2,1-3H3,(H,18,19,20)/t12-/m1/s1. The Morgan fingerprint density at radius 3 is 2.55 bits per heavy atom. The highest BCUT2D eigenvalue weighted by molar-refractivity contribution is 6.01. The van der Waals surface area contributed by atoms with Crippen LogP contribution in [0.5, 0.6) is 0 Å². The molecule has 1 heterocycles. The molecule has 0 aliphatic carbocycles. The molecule has 1 saturated heterocycles. The third kappa shape index (κ3) is 3.15. The van der Waals surface area contributed by atoms with Crippen molar-refractivity contribution in [1.82, 2.24) is 5.32 Å². The molecule has 1 atom stereocenters. The second kappa shape index (κ2) is 5.23. The van der Waals surface area contributed by atoms with Crippen LogP contribution in [0.2, 0.25) is 0 Å². The summed E-state index contributed by atoms with van der Waals surface area (Å²) < 4.78 is 14.1. The topological polar surface area (TPSA) is 58.2 Å². The first-order chi connectivity index (χ1) is 9.27. The van der Waals surface area contributed by atoms with Gasteiger partial charge in [-0.1, -0.05) is 26.8 Å². The van der Waals surface area contributed by atoms with Crippen molar-refractivity contribution in [2.45, 2.75) is 45.1 Å². The quantitative estimate of drug-likeness (QED) is 0.816. The van der Waals surface area contributed by atoms with Crippen molar-refractivity contribution < 1.29 is 14.0 Å². The van der Waals surface area contributed by atoms with Crippen molar-refractivity contribution >= 4 is 17.5 Å². The molecule has 108 valence electrons. The number of imide groups is 1. The summed E-state index contributed by atoms with van der Waals surface area (Å²) in [6.45, 7) is 5.83. The van der Waals surface area contributed by atoms with Crippen LogP contribution in [0.25, 0.3) is 0 Å². The number of hydrogen-bond acceptors (Lipinski definition) is 3. The molecule has 2 N–H and O–H groups in total. The predicted octanol–water partition coefficient (Wildman–Crippen LogP) is 2.34. The van der Waals surface area contributed by atoms with Crippen LogP contribution in [-0.2, 0) is 15.0 Å². The van der Waals surface area contributed by atoms with Gasteiger partial charge in [-0.2, -0.15) is 0 Å². The van der Waals surface area contributed by atoms with Crippen molar-refractivity contribution in [3.05, 3.63) is 29.6 Å². The van der Waals surface area contributed by atoms with Gasteiger partial charge in [-0.3, -0.25) is 14.9 Å². The van der Waals surface area contributed by atoms with Crippen molar-refractivity contribution in [2.24, 2.45) is 0 Å². The molecule has 0 radical (unpaired) electrons. The third-order valence-corrected chi connectivity index (χ3v) is 3.36. The number of carbonyl (C=O) groups is 2. The van der Waals surface area contributed by atoms with E-state index < -0.39 is 6.04 Å². The second-order valence-corrected chi connectivity index (χ2v) is 6.09. The Morgan fingerprint density at radius 2 is 2.00 bits per heavy atom. The molecule has 1 aliphatic rings. The summed E-state index contributed by atoms with van der Waals surface area (Å²) in [5, 5.41) is 5.23. The van der Waals surface area contributed by atoms with E-state index in [0.717, 1.165) is 0 Å². The average Bonchev–Trinajstić information content (AvgIpc) is 2.31. The number of halogens is 1. The van der Waals surface area contributed by atoms with Crippen LogP contribution in [0.4, 0.5) is 10.1 Å². The zero-order chi connectivity index (χ0) is 14.9. The van der Waals surface area contributed by atoms with Gasteiger partial charge in [-0.25, -0.2) is 4.39 Å². The van der Waals surface area contributed by atoms with Crippen LogP contribution in [0.15, 0.2) is 18.2 Å². The molecule has 1 aliphatic heterocycles. The monoisotopic (exact) mass is 278 g/mol. The minimum absolute atomic E-state index is 0.262. The Bertz CT molecular complexity index is 549. The SMILES string of the molecule is CC(C)(C)c1ccc(N[C@@H]2CCC(=O)NC2=O)cc1F. The number of amides is 2. The fourth-order valence-electron chi connectivity index (χ4n) is 2.25. The van der Waals surface area contributed by atoms with Gasteiger partial charge in [0.05, 0.1) is 0 Å². The molecular weight excluding hydrogens is 259 g/mol. The van der Waals surface area contributed by atoms with E-state index in [-0.39, 0.29) is 23.0 Å². The predicted molar refractivity (Wildman–Crippen MR) is 74.9 cm³/mol. The first-order valence-electron chi connectivity index (χ1n) is 6.67. The van der Waals surface area contributed by atoms with E-state index in [1.54, 1.807) is 12.1 Å². The van der Waals surface area contributed by atoms with Crippen LogP contribution in [0.1, 0.15) is 39.2 Å². The van der Waals surface area contributed by atoms with Crippen LogP contribution >= 0.6 is 0 Å². The zero-order valence-electron chi connectivity index (χ0n) is 11.9. The first-order valence-corrected chi connectivity index (χ1v) is 6.67. The zero-order valence-corrected chi connectivity index (χ0v) is 11.9. The smallest absolute Gasteiger partial charge is 0.249 e. The highest BCUT2D eigenvalue weighted by atomic mass is 19.1. The minimum atomic E-state index is -0.493. The Hall–Kier alpha value is -1.91. The van der Waals surface area contributed by atoms with Crippen molar-refractivity contribution in [3.63, 3.8) is 0 Å². The third-order valence-electron chi connectivity index (χ3n) is 3.36. The van der Waals surface area contributed by atoms with Crippen molar-refractivity contribution in [2.75, 3.05) is 5.32 Å². The van der Waals surface area contributed by atoms with Crippen LogP contribution < -0.4 is 10.6 Å². The molecule has 0 aromatic heterocycles. The van der Waals surface area contributed by atoms with E-state index in [2.05, 4.69) is 10.6 Å². The van der Waals surface area contributed by atoms with E-state index in [1.165, 1.54) is 6.07 Å². The molecule has 2 rings (SSSR count). The van der Waals surface area contributed by atoms with Gasteiger partial charge in [-0.15, -0.1) is 0 Å². The molecule has 0 saturated carbocycles. The molecule has 5 heteroatoms. The lowest BCUT2D eigenvalue weighted by Gasteiger charge is -2.24. The molecule has 0 bridgehead atoms. The van der Waals surface area contributed by atoms with E-state index in [1.807, 2.05) is 20.8 Å². The lowest BCUT2D eigenvalue weighted by atomic mass is 9.86. The van der Waals surface area contributed by atoms with Gasteiger partial charge in [-0.05, 0) is 29.5 Å². The summed E-state index contributed by atoms with van der Waals surface area (Å²) in [7, 11) is 0. The highest BCUT2D eigenvalue weighted by Crippen LogP contribution is 2.27. The normalized spacial score (nSPS) is 19.7. The Balaban J connectivity index is 2.13. The maximum Gasteiger partial charge on any atom is 0.249 e. The molecular formula is C15H19FN2O2. The molecule has 2 amide bonds. The fraction of sp³-hybridized carbons (Fsp3) is 0.467. The van der Waals surface area contributed by atoms with E-state index >= 15 is 0 Å². The Labute approximate surface area is 117 Å². The number of piperidine rings is 1. The molecule has 1 aromatic rings. The Kier molecular flexibility index (Phi) is 3.79. The lowest BCUT2D eigenvalue weighted by Crippen LogP contribution is -2.47. The fourth-order valence-corrected chi connectivity index (χ4v) is 2.25. The van der Waals surface area contributed by atoms with E-state index in [4.69, 9.17) is 0 Å². The summed E-state index contributed by atoms with van der Waals surface area (Å²) in [5.41, 5.74) is 0.911. The summed E-state index contributed by atoms with van der Waals surface area (Å²) in [4.78, 5) is 22.7. The lowest BCUT2D eigenvalue weighted by molar-refractivity contribution is -0.133. The molecule has 0 spiro atoms. The minimum Gasteiger partial charge on any atom is -0.374 e. The first kappa shape index (κ1) is 14.5. The second-order valence-electron chi connectivity index (χ2n) is 6.09. The molecule has 0 unspecified atom stereocenters. The number of anilines is 1. The molecule has 1 aromatic carbocycles. The van der Waals surface area contributed by atoms with Gasteiger partial charge >= 0.3 is 0 Å². The summed E-state index contributed by atoms with van der Waals surface area (Å²) in [6, 6.07) is 4.38. The maximum absolute atomic E-state index is 14.1. The number of nitrogens with one attached hydrogen (secondary N) is 2. The number of carbonyl (C=O) groups excluding carboxylic acids is 2. The summed E-state index contributed by atoms with van der Waals surface area (Å²) in [5.74, 6) is -0.918. The van der Waals surface area contributed by atoms with Crippen LogP contribution in [-0.4, -0.2) is 17.9 Å². The maximum atomic E-state index is 14.1. The summed E-state index contributed by atoms with van der Waals surface area (Å²) in [6.07, 6.45) is 0.721. The van der Waals surface area contributed by atoms with Gasteiger partial charge < -0.3 is 5.32 Å². The van der Waals surface area contributed by atoms with Crippen LogP contribution in [0.3, 0.4) is 0 Å². The molecule has 1 fully saturated rings. The highest BCUT2D eigenvalue weighted by Gasteiger charge is 2.26. The van der Waals surface area contributed by atoms with Crippen molar-refractivity contribution in [3.8, 4) is 0 Å².